The fourth-order valence-electron chi connectivity index (χ4n) is 2.59. The summed E-state index contributed by atoms with van der Waals surface area (Å²) in [7, 11) is 2.18. The van der Waals surface area contributed by atoms with Gasteiger partial charge in [-0.3, -0.25) is 0 Å². The molecule has 3 heteroatoms. The van der Waals surface area contributed by atoms with E-state index in [9.17, 15) is 0 Å². The van der Waals surface area contributed by atoms with Crippen LogP contribution in [0.5, 0.6) is 0 Å². The van der Waals surface area contributed by atoms with E-state index < -0.39 is 0 Å². The second-order valence-electron chi connectivity index (χ2n) is 5.12. The Morgan fingerprint density at radius 3 is 2.71 bits per heavy atom. The summed E-state index contributed by atoms with van der Waals surface area (Å²) >= 11 is 0. The standard InChI is InChI=1S/C14H23N3/c1-17-7-5-12(6-8-17)14(16)13-4-2-3-11(9-13)10-15/h2-4,9,12,14H,5-8,10,15-16H2,1H3. The molecule has 0 saturated carbocycles. The zero-order chi connectivity index (χ0) is 12.3. The Bertz CT molecular complexity index is 356. The topological polar surface area (TPSA) is 55.3 Å². The molecule has 1 aliphatic heterocycles. The molecule has 0 aliphatic carbocycles. The van der Waals surface area contributed by atoms with Crippen LogP contribution >= 0.6 is 0 Å². The second-order valence-corrected chi connectivity index (χ2v) is 5.12. The third-order valence-electron chi connectivity index (χ3n) is 3.84. The van der Waals surface area contributed by atoms with Crippen LogP contribution < -0.4 is 11.5 Å². The van der Waals surface area contributed by atoms with Gasteiger partial charge >= 0.3 is 0 Å². The number of hydrogen-bond donors (Lipinski definition) is 2. The third kappa shape index (κ3) is 3.06. The van der Waals surface area contributed by atoms with E-state index in [-0.39, 0.29) is 6.04 Å². The molecule has 1 atom stereocenters. The Hall–Kier alpha value is -0.900. The van der Waals surface area contributed by atoms with Gasteiger partial charge in [0, 0.05) is 12.6 Å². The highest BCUT2D eigenvalue weighted by Gasteiger charge is 2.23. The molecule has 4 N–H and O–H groups in total. The van der Waals surface area contributed by atoms with Crippen LogP contribution in [-0.2, 0) is 6.54 Å². The molecule has 94 valence electrons. The highest BCUT2D eigenvalue weighted by atomic mass is 15.1. The summed E-state index contributed by atoms with van der Waals surface area (Å²) in [5, 5.41) is 0. The van der Waals surface area contributed by atoms with Crippen molar-refractivity contribution in [3.8, 4) is 0 Å². The van der Waals surface area contributed by atoms with Gasteiger partial charge in [-0.15, -0.1) is 0 Å². The van der Waals surface area contributed by atoms with Crippen molar-refractivity contribution in [1.29, 1.82) is 0 Å². The Morgan fingerprint density at radius 2 is 2.06 bits per heavy atom. The zero-order valence-corrected chi connectivity index (χ0v) is 10.6. The first kappa shape index (κ1) is 12.6. The minimum absolute atomic E-state index is 0.162. The van der Waals surface area contributed by atoms with Crippen molar-refractivity contribution in [2.45, 2.75) is 25.4 Å². The monoisotopic (exact) mass is 233 g/mol. The lowest BCUT2D eigenvalue weighted by atomic mass is 9.85. The maximum absolute atomic E-state index is 6.38. The summed E-state index contributed by atoms with van der Waals surface area (Å²) in [5.74, 6) is 0.610. The fourth-order valence-corrected chi connectivity index (χ4v) is 2.59. The van der Waals surface area contributed by atoms with Crippen molar-refractivity contribution in [1.82, 2.24) is 4.90 Å². The van der Waals surface area contributed by atoms with E-state index in [1.807, 2.05) is 0 Å². The summed E-state index contributed by atoms with van der Waals surface area (Å²) < 4.78 is 0. The molecule has 1 aromatic rings. The number of likely N-dealkylation sites (tertiary alicyclic amines) is 1. The first-order valence-corrected chi connectivity index (χ1v) is 6.43. The van der Waals surface area contributed by atoms with E-state index in [1.54, 1.807) is 0 Å². The predicted octanol–water partition coefficient (Wildman–Crippen LogP) is 1.49. The molecule has 0 aromatic heterocycles. The molecule has 0 radical (unpaired) electrons. The van der Waals surface area contributed by atoms with E-state index in [1.165, 1.54) is 24.0 Å². The molecule has 0 spiro atoms. The van der Waals surface area contributed by atoms with Gasteiger partial charge in [0.15, 0.2) is 0 Å². The number of piperidine rings is 1. The number of nitrogens with zero attached hydrogens (tertiary/aromatic N) is 1. The molecule has 1 saturated heterocycles. The van der Waals surface area contributed by atoms with Crippen LogP contribution in [0.2, 0.25) is 0 Å². The van der Waals surface area contributed by atoms with Gasteiger partial charge in [0.05, 0.1) is 0 Å². The summed E-state index contributed by atoms with van der Waals surface area (Å²) in [4.78, 5) is 2.37. The predicted molar refractivity (Wildman–Crippen MR) is 71.5 cm³/mol. The molecule has 1 fully saturated rings. The summed E-state index contributed by atoms with van der Waals surface area (Å²) in [6.07, 6.45) is 2.40. The number of benzene rings is 1. The Kier molecular flexibility index (Phi) is 4.15. The highest BCUT2D eigenvalue weighted by Crippen LogP contribution is 2.28. The van der Waals surface area contributed by atoms with E-state index in [2.05, 4.69) is 36.2 Å². The van der Waals surface area contributed by atoms with Crippen LogP contribution in [0.15, 0.2) is 24.3 Å². The average Bonchev–Trinajstić information content (AvgIpc) is 2.39. The molecule has 2 rings (SSSR count). The molecule has 1 unspecified atom stereocenters. The molecular formula is C14H23N3. The SMILES string of the molecule is CN1CCC(C(N)c2cccc(CN)c2)CC1. The van der Waals surface area contributed by atoms with Gasteiger partial charge in [0.25, 0.3) is 0 Å². The molecule has 1 aliphatic rings. The normalized spacial score (nSPS) is 20.4. The van der Waals surface area contributed by atoms with Crippen LogP contribution in [0.3, 0.4) is 0 Å². The summed E-state index contributed by atoms with van der Waals surface area (Å²) in [6.45, 7) is 2.91. The minimum Gasteiger partial charge on any atom is -0.326 e. The van der Waals surface area contributed by atoms with Crippen molar-refractivity contribution < 1.29 is 0 Å². The van der Waals surface area contributed by atoms with E-state index in [0.717, 1.165) is 13.1 Å². The maximum Gasteiger partial charge on any atom is 0.0324 e. The Labute approximate surface area is 104 Å². The van der Waals surface area contributed by atoms with Gasteiger partial charge < -0.3 is 16.4 Å². The van der Waals surface area contributed by atoms with Crippen molar-refractivity contribution in [3.63, 3.8) is 0 Å². The Morgan fingerprint density at radius 1 is 1.35 bits per heavy atom. The highest BCUT2D eigenvalue weighted by molar-refractivity contribution is 5.26. The summed E-state index contributed by atoms with van der Waals surface area (Å²) in [6, 6.07) is 8.57. The fraction of sp³-hybridized carbons (Fsp3) is 0.571. The number of nitrogens with two attached hydrogens (primary N) is 2. The van der Waals surface area contributed by atoms with Gasteiger partial charge in [-0.25, -0.2) is 0 Å². The minimum atomic E-state index is 0.162. The quantitative estimate of drug-likeness (QED) is 0.831. The van der Waals surface area contributed by atoms with Crippen molar-refractivity contribution in [2.24, 2.45) is 17.4 Å². The second kappa shape index (κ2) is 5.63. The first-order chi connectivity index (χ1) is 8.20. The molecule has 0 bridgehead atoms. The zero-order valence-electron chi connectivity index (χ0n) is 10.6. The molecule has 0 amide bonds. The van der Waals surface area contributed by atoms with Crippen LogP contribution in [-0.4, -0.2) is 25.0 Å². The van der Waals surface area contributed by atoms with Crippen LogP contribution in [0.1, 0.15) is 30.0 Å². The maximum atomic E-state index is 6.38. The van der Waals surface area contributed by atoms with E-state index >= 15 is 0 Å². The summed E-state index contributed by atoms with van der Waals surface area (Å²) in [5.41, 5.74) is 14.5. The van der Waals surface area contributed by atoms with Gasteiger partial charge in [-0.2, -0.15) is 0 Å². The smallest absolute Gasteiger partial charge is 0.0324 e. The molecular weight excluding hydrogens is 210 g/mol. The van der Waals surface area contributed by atoms with E-state index in [4.69, 9.17) is 11.5 Å². The average molecular weight is 233 g/mol. The van der Waals surface area contributed by atoms with Crippen molar-refractivity contribution >= 4 is 0 Å². The first-order valence-electron chi connectivity index (χ1n) is 6.43. The molecule has 17 heavy (non-hydrogen) atoms. The lowest BCUT2D eigenvalue weighted by Gasteiger charge is -2.32. The van der Waals surface area contributed by atoms with Crippen molar-refractivity contribution in [3.05, 3.63) is 35.4 Å². The third-order valence-corrected chi connectivity index (χ3v) is 3.84. The van der Waals surface area contributed by atoms with E-state index in [0.29, 0.717) is 12.5 Å². The molecule has 3 nitrogen and oxygen atoms in total. The van der Waals surface area contributed by atoms with Crippen LogP contribution in [0.25, 0.3) is 0 Å². The number of hydrogen-bond acceptors (Lipinski definition) is 3. The van der Waals surface area contributed by atoms with Crippen LogP contribution in [0.4, 0.5) is 0 Å². The Balaban J connectivity index is 2.05. The number of rotatable bonds is 3. The lowest BCUT2D eigenvalue weighted by molar-refractivity contribution is 0.199. The van der Waals surface area contributed by atoms with Gasteiger partial charge in [0.2, 0.25) is 0 Å². The van der Waals surface area contributed by atoms with Gasteiger partial charge in [-0.05, 0) is 50.0 Å². The van der Waals surface area contributed by atoms with Crippen molar-refractivity contribution in [2.75, 3.05) is 20.1 Å². The van der Waals surface area contributed by atoms with Gasteiger partial charge in [-0.1, -0.05) is 24.3 Å². The molecule has 1 aromatic carbocycles. The largest absolute Gasteiger partial charge is 0.326 e. The van der Waals surface area contributed by atoms with Crippen LogP contribution in [0, 0.1) is 5.92 Å². The lowest BCUT2D eigenvalue weighted by Crippen LogP contribution is -2.35. The van der Waals surface area contributed by atoms with Gasteiger partial charge in [0.1, 0.15) is 0 Å². The molecule has 1 heterocycles.